The molecule has 1 unspecified atom stereocenters. The Morgan fingerprint density at radius 2 is 0.929 bits per heavy atom. The van der Waals surface area contributed by atoms with Gasteiger partial charge < -0.3 is 4.48 Å². The normalized spacial score (nSPS) is 13.0. The van der Waals surface area contributed by atoms with Crippen LogP contribution in [0.1, 0.15) is 130 Å². The molecule has 0 amide bonds. The highest BCUT2D eigenvalue weighted by Gasteiger charge is 2.34. The fraction of sp³-hybridized carbons (Fsp3) is 0.960. The van der Waals surface area contributed by atoms with Gasteiger partial charge in [0.2, 0.25) is 11.9 Å². The van der Waals surface area contributed by atoms with Gasteiger partial charge in [-0.15, -0.1) is 0 Å². The van der Waals surface area contributed by atoms with Crippen LogP contribution in [0.2, 0.25) is 0 Å². The van der Waals surface area contributed by atoms with Gasteiger partial charge in [-0.05, 0) is 27.2 Å². The largest absolute Gasteiger partial charge is 0.303 e. The lowest BCUT2D eigenvalue weighted by molar-refractivity contribution is -0.937. The third-order valence-corrected chi connectivity index (χ3v) is 6.84. The van der Waals surface area contributed by atoms with Crippen LogP contribution >= 0.6 is 0 Å². The minimum absolute atomic E-state index is 0.264. The van der Waals surface area contributed by atoms with Crippen molar-refractivity contribution < 1.29 is 9.28 Å². The fourth-order valence-corrected chi connectivity index (χ4v) is 4.38. The minimum atomic E-state index is -0.327. The number of rotatable bonds is 21. The number of carbonyl (C=O) groups excluding carboxylic acids is 1. The molecule has 0 saturated heterocycles. The third kappa shape index (κ3) is 12.2. The summed E-state index contributed by atoms with van der Waals surface area (Å²) in [6, 6.07) is 0. The first-order valence-corrected chi connectivity index (χ1v) is 12.7. The number of nitrogens with zero attached hydrogens (tertiary/aromatic N) is 1. The molecule has 0 aliphatic rings. The lowest BCUT2D eigenvalue weighted by Crippen LogP contribution is -2.62. The van der Waals surface area contributed by atoms with E-state index in [4.69, 9.17) is 5.73 Å². The van der Waals surface area contributed by atoms with E-state index in [1.54, 1.807) is 0 Å². The number of carbonyl (C=O) groups is 1. The van der Waals surface area contributed by atoms with Crippen LogP contribution in [0, 0.1) is 0 Å². The Labute approximate surface area is 177 Å². The van der Waals surface area contributed by atoms with Gasteiger partial charge in [-0.2, -0.15) is 0 Å². The Morgan fingerprint density at radius 1 is 0.607 bits per heavy atom. The Hall–Kier alpha value is -0.410. The van der Waals surface area contributed by atoms with E-state index in [2.05, 4.69) is 27.7 Å². The molecule has 28 heavy (non-hydrogen) atoms. The van der Waals surface area contributed by atoms with E-state index in [0.29, 0.717) is 6.42 Å². The summed E-state index contributed by atoms with van der Waals surface area (Å²) in [4.78, 5) is 12.5. The topological polar surface area (TPSA) is 43.1 Å². The number of unbranched alkanes of at least 4 members (excludes halogenated alkanes) is 14. The number of Topliss-reactive ketones (excluding diaryl/α,β-unsaturated/α-hetero) is 1. The van der Waals surface area contributed by atoms with Crippen molar-refractivity contribution in [1.82, 2.24) is 0 Å². The van der Waals surface area contributed by atoms with Crippen molar-refractivity contribution in [2.45, 2.75) is 137 Å². The van der Waals surface area contributed by atoms with Crippen LogP contribution in [0.15, 0.2) is 0 Å². The second kappa shape index (κ2) is 18.6. The average Bonchev–Trinajstić information content (AvgIpc) is 2.72. The summed E-state index contributed by atoms with van der Waals surface area (Å²) >= 11 is 0. The van der Waals surface area contributed by atoms with Crippen LogP contribution < -0.4 is 5.73 Å². The molecule has 0 saturated carbocycles. The zero-order valence-electron chi connectivity index (χ0n) is 19.9. The molecule has 0 radical (unpaired) electrons. The zero-order valence-corrected chi connectivity index (χ0v) is 19.9. The number of hydrogen-bond donors (Lipinski definition) is 1. The molecule has 1 atom stereocenters. The summed E-state index contributed by atoms with van der Waals surface area (Å²) in [6.45, 7) is 11.6. The van der Waals surface area contributed by atoms with Crippen LogP contribution in [-0.4, -0.2) is 36.1 Å². The van der Waals surface area contributed by atoms with E-state index >= 15 is 0 Å². The maximum atomic E-state index is 12.5. The number of likely N-dealkylation sites (N-methyl/N-ethyl adjacent to an activating group) is 1. The van der Waals surface area contributed by atoms with Gasteiger partial charge in [-0.3, -0.25) is 10.5 Å². The Kier molecular flexibility index (Phi) is 18.3. The van der Waals surface area contributed by atoms with Gasteiger partial charge in [0.15, 0.2) is 0 Å². The van der Waals surface area contributed by atoms with Crippen molar-refractivity contribution in [2.24, 2.45) is 5.73 Å². The van der Waals surface area contributed by atoms with E-state index in [1.165, 1.54) is 89.9 Å². The van der Waals surface area contributed by atoms with Crippen molar-refractivity contribution in [3.8, 4) is 0 Å². The van der Waals surface area contributed by atoms with Gasteiger partial charge in [0.05, 0.1) is 19.6 Å². The molecule has 0 spiro atoms. The van der Waals surface area contributed by atoms with Gasteiger partial charge in [0.25, 0.3) is 0 Å². The SMILES string of the molecule is CCCCCCCCCCCCCCCCCC(=O)C(N)[N+](CC)(CC)CC. The summed E-state index contributed by atoms with van der Waals surface area (Å²) in [7, 11) is 0. The number of nitrogens with two attached hydrogens (primary N) is 1. The van der Waals surface area contributed by atoms with Crippen LogP contribution in [0.25, 0.3) is 0 Å². The maximum absolute atomic E-state index is 12.5. The molecule has 0 aromatic rings. The molecule has 3 heteroatoms. The van der Waals surface area contributed by atoms with Gasteiger partial charge in [0.1, 0.15) is 0 Å². The van der Waals surface area contributed by atoms with E-state index in [1.807, 2.05) is 0 Å². The van der Waals surface area contributed by atoms with Crippen LogP contribution in [0.5, 0.6) is 0 Å². The lowest BCUT2D eigenvalue weighted by atomic mass is 10.0. The molecular formula is C25H53N2O+. The Bertz CT molecular complexity index is 344. The quantitative estimate of drug-likeness (QED) is 0.129. The molecular weight excluding hydrogens is 344 g/mol. The molecule has 0 aliphatic carbocycles. The fourth-order valence-electron chi connectivity index (χ4n) is 4.38. The van der Waals surface area contributed by atoms with Crippen molar-refractivity contribution in [2.75, 3.05) is 19.6 Å². The molecule has 3 nitrogen and oxygen atoms in total. The smallest absolute Gasteiger partial charge is 0.205 e. The van der Waals surface area contributed by atoms with Crippen LogP contribution in [0.3, 0.4) is 0 Å². The van der Waals surface area contributed by atoms with Gasteiger partial charge >= 0.3 is 0 Å². The summed E-state index contributed by atoms with van der Waals surface area (Å²) in [5, 5.41) is 0. The van der Waals surface area contributed by atoms with E-state index in [9.17, 15) is 4.79 Å². The standard InChI is InChI=1S/C25H53N2O/c1-5-9-10-11-12-13-14-15-16-17-18-19-20-21-22-23-24(28)25(26)27(6-2,7-3)8-4/h25H,5-23,26H2,1-4H3/q+1. The molecule has 0 aliphatic heterocycles. The summed E-state index contributed by atoms with van der Waals surface area (Å²) < 4.78 is 0.734. The third-order valence-electron chi connectivity index (χ3n) is 6.84. The van der Waals surface area contributed by atoms with E-state index in [-0.39, 0.29) is 11.9 Å². The molecule has 0 fully saturated rings. The minimum Gasteiger partial charge on any atom is -0.303 e. The molecule has 0 rings (SSSR count). The van der Waals surface area contributed by atoms with Crippen molar-refractivity contribution in [3.05, 3.63) is 0 Å². The predicted octanol–water partition coefficient (Wildman–Crippen LogP) is 6.98. The molecule has 0 bridgehead atoms. The first kappa shape index (κ1) is 27.6. The lowest BCUT2D eigenvalue weighted by Gasteiger charge is -2.40. The molecule has 0 aromatic heterocycles. The van der Waals surface area contributed by atoms with Gasteiger partial charge in [-0.25, -0.2) is 0 Å². The first-order valence-electron chi connectivity index (χ1n) is 12.7. The maximum Gasteiger partial charge on any atom is 0.205 e. The Balaban J connectivity index is 3.51. The van der Waals surface area contributed by atoms with E-state index < -0.39 is 0 Å². The number of hydrogen-bond acceptors (Lipinski definition) is 2. The van der Waals surface area contributed by atoms with Crippen molar-refractivity contribution in [1.29, 1.82) is 0 Å². The first-order chi connectivity index (χ1) is 13.6. The summed E-state index contributed by atoms with van der Waals surface area (Å²) in [5.74, 6) is 0.264. The molecule has 2 N–H and O–H groups in total. The van der Waals surface area contributed by atoms with Crippen molar-refractivity contribution in [3.63, 3.8) is 0 Å². The summed E-state index contributed by atoms with van der Waals surface area (Å²) in [6.07, 6.45) is 20.7. The second-order valence-corrected chi connectivity index (χ2v) is 8.78. The molecule has 168 valence electrons. The molecule has 0 aromatic carbocycles. The van der Waals surface area contributed by atoms with Gasteiger partial charge in [-0.1, -0.05) is 96.8 Å². The Morgan fingerprint density at radius 3 is 1.25 bits per heavy atom. The zero-order chi connectivity index (χ0) is 21.1. The van der Waals surface area contributed by atoms with Crippen LogP contribution in [-0.2, 0) is 4.79 Å². The monoisotopic (exact) mass is 397 g/mol. The highest BCUT2D eigenvalue weighted by atomic mass is 16.1. The van der Waals surface area contributed by atoms with E-state index in [0.717, 1.165) is 30.5 Å². The van der Waals surface area contributed by atoms with Crippen LogP contribution in [0.4, 0.5) is 0 Å². The number of ketones is 1. The number of quaternary nitrogens is 1. The second-order valence-electron chi connectivity index (χ2n) is 8.78. The highest BCUT2D eigenvalue weighted by molar-refractivity contribution is 5.82. The predicted molar refractivity (Wildman–Crippen MR) is 124 cm³/mol. The summed E-state index contributed by atoms with van der Waals surface area (Å²) in [5.41, 5.74) is 6.31. The average molecular weight is 398 g/mol. The molecule has 0 heterocycles. The van der Waals surface area contributed by atoms with Gasteiger partial charge in [0, 0.05) is 6.42 Å². The van der Waals surface area contributed by atoms with Crippen molar-refractivity contribution >= 4 is 5.78 Å². The highest BCUT2D eigenvalue weighted by Crippen LogP contribution is 2.16.